The highest BCUT2D eigenvalue weighted by atomic mass is 35.5. The van der Waals surface area contributed by atoms with Crippen LogP contribution in [-0.4, -0.2) is 39.1 Å². The van der Waals surface area contributed by atoms with Crippen LogP contribution >= 0.6 is 11.6 Å². The van der Waals surface area contributed by atoms with Crippen molar-refractivity contribution < 1.29 is 18.7 Å². The molecule has 2 bridgehead atoms. The molecule has 3 saturated carbocycles. The number of nitrogens with one attached hydrogen (secondary N) is 2. The Bertz CT molecular complexity index is 1200. The Hall–Kier alpha value is -3.13. The van der Waals surface area contributed by atoms with E-state index in [1.54, 1.807) is 6.20 Å². The Morgan fingerprint density at radius 2 is 1.94 bits per heavy atom. The fourth-order valence-electron chi connectivity index (χ4n) is 4.69. The maximum atomic E-state index is 13.4. The fraction of sp³-hybridized carbons (Fsp3) is 0.318. The van der Waals surface area contributed by atoms with Gasteiger partial charge in [0.15, 0.2) is 6.61 Å². The number of hydrogen-bond donors (Lipinski definition) is 2. The normalized spacial score (nSPS) is 23.6. The number of halogens is 2. The molecule has 6 rings (SSSR count). The van der Waals surface area contributed by atoms with Gasteiger partial charge in [-0.25, -0.2) is 9.37 Å². The van der Waals surface area contributed by atoms with Crippen molar-refractivity contribution in [3.05, 3.63) is 59.1 Å². The number of amides is 2. The molecular formula is C22H20ClFN4O3. The summed E-state index contributed by atoms with van der Waals surface area (Å²) in [6.07, 6.45) is 5.51. The van der Waals surface area contributed by atoms with E-state index >= 15 is 0 Å². The van der Waals surface area contributed by atoms with Crippen molar-refractivity contribution in [2.75, 3.05) is 6.61 Å². The molecule has 7 nitrogen and oxygen atoms in total. The zero-order chi connectivity index (χ0) is 21.8. The van der Waals surface area contributed by atoms with Gasteiger partial charge in [0.05, 0.1) is 10.6 Å². The highest BCUT2D eigenvalue weighted by Gasteiger charge is 2.69. The summed E-state index contributed by atoms with van der Waals surface area (Å²) in [5, 5.41) is 6.97. The summed E-state index contributed by atoms with van der Waals surface area (Å²) in [4.78, 5) is 29.2. The van der Waals surface area contributed by atoms with Gasteiger partial charge < -0.3 is 19.9 Å². The molecule has 9 heteroatoms. The SMILES string of the molecule is Cn1ccc2cc(C(=O)NC34CC(NC(=O)COc5ccc(Cl)c(F)c5)(C3)C4)cnc21. The Kier molecular flexibility index (Phi) is 4.44. The van der Waals surface area contributed by atoms with E-state index in [2.05, 4.69) is 15.6 Å². The first kappa shape index (κ1) is 19.8. The highest BCUT2D eigenvalue weighted by molar-refractivity contribution is 6.30. The number of carbonyl (C=O) groups excluding carboxylic acids is 2. The van der Waals surface area contributed by atoms with Crippen LogP contribution in [0.4, 0.5) is 4.39 Å². The topological polar surface area (TPSA) is 85.2 Å². The Morgan fingerprint density at radius 1 is 1.19 bits per heavy atom. The van der Waals surface area contributed by atoms with E-state index in [9.17, 15) is 14.0 Å². The van der Waals surface area contributed by atoms with E-state index in [4.69, 9.17) is 16.3 Å². The van der Waals surface area contributed by atoms with Crippen molar-refractivity contribution in [1.29, 1.82) is 0 Å². The summed E-state index contributed by atoms with van der Waals surface area (Å²) in [5.74, 6) is -0.805. The molecular weight excluding hydrogens is 423 g/mol. The maximum Gasteiger partial charge on any atom is 0.258 e. The predicted molar refractivity (Wildman–Crippen MR) is 113 cm³/mol. The lowest BCUT2D eigenvalue weighted by Crippen LogP contribution is -2.84. The predicted octanol–water partition coefficient (Wildman–Crippen LogP) is 2.97. The van der Waals surface area contributed by atoms with Crippen molar-refractivity contribution in [2.45, 2.75) is 30.3 Å². The lowest BCUT2D eigenvalue weighted by molar-refractivity contribution is -0.141. The standard InChI is InChI=1S/C22H20ClFN4O3/c1-28-5-4-13-6-14(8-25-19(13)28)20(30)27-22-10-21(11-22,12-22)26-18(29)9-31-15-2-3-16(23)17(24)7-15/h2-8H,9-12H2,1H3,(H,26,29)(H,27,30). The van der Waals surface area contributed by atoms with E-state index in [1.165, 1.54) is 12.1 Å². The summed E-state index contributed by atoms with van der Waals surface area (Å²) in [5.41, 5.74) is 0.758. The molecule has 0 radical (unpaired) electrons. The van der Waals surface area contributed by atoms with Crippen LogP contribution in [-0.2, 0) is 11.8 Å². The monoisotopic (exact) mass is 442 g/mol. The first-order chi connectivity index (χ1) is 14.8. The second kappa shape index (κ2) is 6.95. The molecule has 3 aliphatic carbocycles. The molecule has 0 atom stereocenters. The molecule has 31 heavy (non-hydrogen) atoms. The molecule has 2 heterocycles. The second-order valence-corrected chi connectivity index (χ2v) is 8.93. The van der Waals surface area contributed by atoms with Crippen LogP contribution in [0.25, 0.3) is 11.0 Å². The van der Waals surface area contributed by atoms with Crippen LogP contribution in [0.1, 0.15) is 29.6 Å². The lowest BCUT2D eigenvalue weighted by atomic mass is 9.44. The summed E-state index contributed by atoms with van der Waals surface area (Å²) in [6.45, 7) is -0.217. The van der Waals surface area contributed by atoms with Gasteiger partial charge in [0.25, 0.3) is 11.8 Å². The van der Waals surface area contributed by atoms with Gasteiger partial charge >= 0.3 is 0 Å². The number of fused-ring (bicyclic) bond motifs is 1. The average molecular weight is 443 g/mol. The second-order valence-electron chi connectivity index (χ2n) is 8.52. The van der Waals surface area contributed by atoms with Crippen molar-refractivity contribution in [3.8, 4) is 5.75 Å². The van der Waals surface area contributed by atoms with E-state index < -0.39 is 5.82 Å². The molecule has 3 fully saturated rings. The molecule has 1 aromatic carbocycles. The molecule has 3 aliphatic rings. The smallest absolute Gasteiger partial charge is 0.258 e. The molecule has 2 aromatic heterocycles. The summed E-state index contributed by atoms with van der Waals surface area (Å²) >= 11 is 5.63. The summed E-state index contributed by atoms with van der Waals surface area (Å²) in [6, 6.07) is 7.78. The molecule has 0 unspecified atom stereocenters. The maximum absolute atomic E-state index is 13.4. The number of pyridine rings is 1. The Morgan fingerprint density at radius 3 is 2.68 bits per heavy atom. The van der Waals surface area contributed by atoms with Gasteiger partial charge in [-0.2, -0.15) is 0 Å². The van der Waals surface area contributed by atoms with Crippen LogP contribution in [0, 0.1) is 5.82 Å². The van der Waals surface area contributed by atoms with Crippen LogP contribution in [0.3, 0.4) is 0 Å². The van der Waals surface area contributed by atoms with Gasteiger partial charge in [0.2, 0.25) is 0 Å². The number of aryl methyl sites for hydroxylation is 1. The Labute approximate surface area is 182 Å². The molecule has 0 saturated heterocycles. The number of rotatable bonds is 6. The van der Waals surface area contributed by atoms with Gasteiger partial charge in [-0.05, 0) is 43.5 Å². The minimum Gasteiger partial charge on any atom is -0.484 e. The minimum atomic E-state index is -0.599. The van der Waals surface area contributed by atoms with Crippen LogP contribution in [0.2, 0.25) is 5.02 Å². The van der Waals surface area contributed by atoms with E-state index in [0.29, 0.717) is 24.8 Å². The summed E-state index contributed by atoms with van der Waals surface area (Å²) < 4.78 is 20.7. The lowest BCUT2D eigenvalue weighted by Gasteiger charge is -2.70. The molecule has 0 aliphatic heterocycles. The first-order valence-corrected chi connectivity index (χ1v) is 10.3. The largest absolute Gasteiger partial charge is 0.484 e. The third-order valence-electron chi connectivity index (χ3n) is 6.04. The van der Waals surface area contributed by atoms with Crippen molar-refractivity contribution in [1.82, 2.24) is 20.2 Å². The van der Waals surface area contributed by atoms with Crippen LogP contribution in [0.5, 0.6) is 5.75 Å². The zero-order valence-corrected chi connectivity index (χ0v) is 17.5. The molecule has 2 N–H and O–H groups in total. The number of carbonyl (C=O) groups is 2. The van der Waals surface area contributed by atoms with Crippen LogP contribution < -0.4 is 15.4 Å². The number of hydrogen-bond acceptors (Lipinski definition) is 4. The third-order valence-corrected chi connectivity index (χ3v) is 6.35. The average Bonchev–Trinajstić information content (AvgIpc) is 3.06. The molecule has 160 valence electrons. The van der Waals surface area contributed by atoms with Gasteiger partial charge in [-0.1, -0.05) is 11.6 Å². The minimum absolute atomic E-state index is 0.00233. The summed E-state index contributed by atoms with van der Waals surface area (Å²) in [7, 11) is 1.91. The third kappa shape index (κ3) is 3.50. The number of ether oxygens (including phenoxy) is 1. The van der Waals surface area contributed by atoms with E-state index in [1.807, 2.05) is 29.9 Å². The number of benzene rings is 1. The molecule has 0 spiro atoms. The van der Waals surface area contributed by atoms with E-state index in [-0.39, 0.29) is 40.3 Å². The first-order valence-electron chi connectivity index (χ1n) is 9.89. The fourth-order valence-corrected chi connectivity index (χ4v) is 4.81. The van der Waals surface area contributed by atoms with Gasteiger partial charge in [0.1, 0.15) is 17.2 Å². The van der Waals surface area contributed by atoms with Crippen molar-refractivity contribution in [2.24, 2.45) is 7.05 Å². The van der Waals surface area contributed by atoms with E-state index in [0.717, 1.165) is 17.1 Å². The van der Waals surface area contributed by atoms with Crippen LogP contribution in [0.15, 0.2) is 42.7 Å². The number of nitrogens with zero attached hydrogens (tertiary/aromatic N) is 2. The highest BCUT2D eigenvalue weighted by Crippen LogP contribution is 2.60. The van der Waals surface area contributed by atoms with Gasteiger partial charge in [0, 0.05) is 42.0 Å². The quantitative estimate of drug-likeness (QED) is 0.614. The van der Waals surface area contributed by atoms with Gasteiger partial charge in [-0.15, -0.1) is 0 Å². The number of aromatic nitrogens is 2. The van der Waals surface area contributed by atoms with Crippen molar-refractivity contribution >= 4 is 34.4 Å². The zero-order valence-electron chi connectivity index (χ0n) is 16.7. The molecule has 2 amide bonds. The molecule has 3 aromatic rings. The Balaban J connectivity index is 1.12. The van der Waals surface area contributed by atoms with Gasteiger partial charge in [-0.3, -0.25) is 9.59 Å². The van der Waals surface area contributed by atoms with Crippen molar-refractivity contribution in [3.63, 3.8) is 0 Å².